The van der Waals surface area contributed by atoms with Gasteiger partial charge in [0.1, 0.15) is 24.5 Å². The number of rotatable bonds is 5. The molecule has 2 aromatic carbocycles. The number of para-hydroxylation sites is 1. The molecule has 7 nitrogen and oxygen atoms in total. The predicted molar refractivity (Wildman–Crippen MR) is 92.3 cm³/mol. The van der Waals surface area contributed by atoms with Crippen molar-refractivity contribution in [2.24, 2.45) is 0 Å². The van der Waals surface area contributed by atoms with Crippen LogP contribution >= 0.6 is 0 Å². The van der Waals surface area contributed by atoms with E-state index in [4.69, 9.17) is 14.2 Å². The van der Waals surface area contributed by atoms with Gasteiger partial charge in [-0.2, -0.15) is 0 Å². The molecule has 1 aliphatic rings. The number of nitrogens with zero attached hydrogens (tertiary/aromatic N) is 1. The molecule has 1 N–H and O–H groups in total. The van der Waals surface area contributed by atoms with Crippen molar-refractivity contribution >= 4 is 11.9 Å². The molecule has 3 rings (SSSR count). The lowest BCUT2D eigenvalue weighted by atomic mass is 10.2. The maximum atomic E-state index is 12.2. The smallest absolute Gasteiger partial charge is 0.342 e. The molecular formula is C19H19NO6. The van der Waals surface area contributed by atoms with Gasteiger partial charge in [0.15, 0.2) is 18.1 Å². The number of ether oxygens (including phenoxy) is 3. The van der Waals surface area contributed by atoms with Crippen molar-refractivity contribution in [1.82, 2.24) is 4.90 Å². The number of carbonyl (C=O) groups excluding carboxylic acids is 2. The molecule has 0 bridgehead atoms. The zero-order valence-corrected chi connectivity index (χ0v) is 14.3. The highest BCUT2D eigenvalue weighted by Gasteiger charge is 2.17. The van der Waals surface area contributed by atoms with Crippen LogP contribution in [-0.2, 0) is 16.1 Å². The Kier molecular flexibility index (Phi) is 5.26. The SMILES string of the molecule is CN(Cc1ccc2c(c1)OCCO2)C(=O)COC(=O)c1ccccc1O. The van der Waals surface area contributed by atoms with Crippen LogP contribution < -0.4 is 9.47 Å². The van der Waals surface area contributed by atoms with E-state index in [1.165, 1.54) is 17.0 Å². The van der Waals surface area contributed by atoms with Crippen LogP contribution in [0.1, 0.15) is 15.9 Å². The number of phenols is 1. The number of amides is 1. The summed E-state index contributed by atoms with van der Waals surface area (Å²) >= 11 is 0. The molecule has 0 saturated carbocycles. The first-order chi connectivity index (χ1) is 12.5. The van der Waals surface area contributed by atoms with Crippen LogP contribution in [0.2, 0.25) is 0 Å². The van der Waals surface area contributed by atoms with Crippen molar-refractivity contribution in [1.29, 1.82) is 0 Å². The van der Waals surface area contributed by atoms with Gasteiger partial charge in [0.05, 0.1) is 0 Å². The average Bonchev–Trinajstić information content (AvgIpc) is 2.66. The van der Waals surface area contributed by atoms with Gasteiger partial charge in [0, 0.05) is 13.6 Å². The molecule has 0 radical (unpaired) electrons. The van der Waals surface area contributed by atoms with Crippen molar-refractivity contribution in [3.8, 4) is 17.2 Å². The predicted octanol–water partition coefficient (Wildman–Crippen LogP) is 1.98. The fraction of sp³-hybridized carbons (Fsp3) is 0.263. The van der Waals surface area contributed by atoms with Crippen molar-refractivity contribution < 1.29 is 28.9 Å². The zero-order chi connectivity index (χ0) is 18.5. The van der Waals surface area contributed by atoms with E-state index in [0.717, 1.165) is 5.56 Å². The second kappa shape index (κ2) is 7.77. The number of aromatic hydroxyl groups is 1. The lowest BCUT2D eigenvalue weighted by molar-refractivity contribution is -0.133. The summed E-state index contributed by atoms with van der Waals surface area (Å²) in [6.07, 6.45) is 0. The zero-order valence-electron chi connectivity index (χ0n) is 14.3. The maximum absolute atomic E-state index is 12.2. The lowest BCUT2D eigenvalue weighted by Crippen LogP contribution is -2.30. The molecular weight excluding hydrogens is 338 g/mol. The van der Waals surface area contributed by atoms with Gasteiger partial charge in [-0.05, 0) is 29.8 Å². The quantitative estimate of drug-likeness (QED) is 0.824. The first-order valence-electron chi connectivity index (χ1n) is 8.12. The summed E-state index contributed by atoms with van der Waals surface area (Å²) in [6.45, 7) is 0.943. The second-order valence-corrected chi connectivity index (χ2v) is 5.82. The van der Waals surface area contributed by atoms with Gasteiger partial charge in [-0.25, -0.2) is 4.79 Å². The monoisotopic (exact) mass is 357 g/mol. The minimum Gasteiger partial charge on any atom is -0.507 e. The summed E-state index contributed by atoms with van der Waals surface area (Å²) < 4.78 is 16.0. The van der Waals surface area contributed by atoms with Crippen LogP contribution in [0.4, 0.5) is 0 Å². The van der Waals surface area contributed by atoms with Gasteiger partial charge in [-0.3, -0.25) is 4.79 Å². The van der Waals surface area contributed by atoms with E-state index in [1.807, 2.05) is 12.1 Å². The molecule has 1 heterocycles. The van der Waals surface area contributed by atoms with Crippen LogP contribution in [0, 0.1) is 0 Å². The Morgan fingerprint density at radius 3 is 2.62 bits per heavy atom. The van der Waals surface area contributed by atoms with Crippen LogP contribution in [0.3, 0.4) is 0 Å². The van der Waals surface area contributed by atoms with E-state index >= 15 is 0 Å². The molecule has 0 saturated heterocycles. The maximum Gasteiger partial charge on any atom is 0.342 e. The summed E-state index contributed by atoms with van der Waals surface area (Å²) in [7, 11) is 1.62. The molecule has 0 aliphatic carbocycles. The van der Waals surface area contributed by atoms with Crippen LogP contribution in [-0.4, -0.2) is 48.8 Å². The average molecular weight is 357 g/mol. The van der Waals surface area contributed by atoms with Crippen LogP contribution in [0.15, 0.2) is 42.5 Å². The van der Waals surface area contributed by atoms with Crippen molar-refractivity contribution in [3.05, 3.63) is 53.6 Å². The first-order valence-corrected chi connectivity index (χ1v) is 8.12. The minimum atomic E-state index is -0.746. The summed E-state index contributed by atoms with van der Waals surface area (Å²) in [5.74, 6) is 0.0496. The van der Waals surface area contributed by atoms with E-state index in [1.54, 1.807) is 25.2 Å². The highest BCUT2D eigenvalue weighted by molar-refractivity contribution is 5.93. The Balaban J connectivity index is 1.55. The normalized spacial score (nSPS) is 12.3. The van der Waals surface area contributed by atoms with Crippen molar-refractivity contribution in [2.45, 2.75) is 6.54 Å². The minimum absolute atomic E-state index is 0.0230. The standard InChI is InChI=1S/C19H19NO6/c1-20(11-13-6-7-16-17(10-13)25-9-8-24-16)18(22)12-26-19(23)14-4-2-3-5-15(14)21/h2-7,10,21H,8-9,11-12H2,1H3. The molecule has 0 fully saturated rings. The molecule has 0 unspecified atom stereocenters. The van der Waals surface area contributed by atoms with Gasteiger partial charge in [-0.15, -0.1) is 0 Å². The first kappa shape index (κ1) is 17.6. The van der Waals surface area contributed by atoms with Gasteiger partial charge >= 0.3 is 5.97 Å². The van der Waals surface area contributed by atoms with Gasteiger partial charge < -0.3 is 24.2 Å². The molecule has 0 aromatic heterocycles. The second-order valence-electron chi connectivity index (χ2n) is 5.82. The third-order valence-electron chi connectivity index (χ3n) is 3.90. The number of hydrogen-bond acceptors (Lipinski definition) is 6. The van der Waals surface area contributed by atoms with Gasteiger partial charge in [0.2, 0.25) is 0 Å². The number of phenolic OH excluding ortho intramolecular Hbond substituents is 1. The highest BCUT2D eigenvalue weighted by Crippen LogP contribution is 2.31. The third-order valence-corrected chi connectivity index (χ3v) is 3.90. The van der Waals surface area contributed by atoms with E-state index in [-0.39, 0.29) is 17.2 Å². The number of esters is 1. The molecule has 2 aromatic rings. The summed E-state index contributed by atoms with van der Waals surface area (Å²) in [5.41, 5.74) is 0.895. The molecule has 136 valence electrons. The number of benzene rings is 2. The van der Waals surface area contributed by atoms with E-state index < -0.39 is 12.6 Å². The topological polar surface area (TPSA) is 85.3 Å². The van der Waals surface area contributed by atoms with E-state index in [9.17, 15) is 14.7 Å². The Morgan fingerprint density at radius 2 is 1.85 bits per heavy atom. The molecule has 26 heavy (non-hydrogen) atoms. The number of hydrogen-bond donors (Lipinski definition) is 1. The lowest BCUT2D eigenvalue weighted by Gasteiger charge is -2.21. The van der Waals surface area contributed by atoms with Gasteiger partial charge in [-0.1, -0.05) is 18.2 Å². The van der Waals surface area contributed by atoms with Crippen LogP contribution in [0.5, 0.6) is 17.2 Å². The van der Waals surface area contributed by atoms with E-state index in [0.29, 0.717) is 31.3 Å². The van der Waals surface area contributed by atoms with E-state index in [2.05, 4.69) is 0 Å². The highest BCUT2D eigenvalue weighted by atomic mass is 16.6. The Labute approximate surface area is 150 Å². The number of likely N-dealkylation sites (N-methyl/N-ethyl adjacent to an activating group) is 1. The fourth-order valence-electron chi connectivity index (χ4n) is 2.51. The molecule has 1 aliphatic heterocycles. The summed E-state index contributed by atoms with van der Waals surface area (Å²) in [5, 5.41) is 9.63. The molecule has 7 heteroatoms. The Morgan fingerprint density at radius 1 is 1.12 bits per heavy atom. The Hall–Kier alpha value is -3.22. The molecule has 0 atom stereocenters. The van der Waals surface area contributed by atoms with Crippen molar-refractivity contribution in [3.63, 3.8) is 0 Å². The molecule has 0 spiro atoms. The number of fused-ring (bicyclic) bond motifs is 1. The van der Waals surface area contributed by atoms with Gasteiger partial charge in [0.25, 0.3) is 5.91 Å². The third kappa shape index (κ3) is 4.05. The van der Waals surface area contributed by atoms with Crippen molar-refractivity contribution in [2.75, 3.05) is 26.9 Å². The largest absolute Gasteiger partial charge is 0.507 e. The molecule has 1 amide bonds. The number of carbonyl (C=O) groups is 2. The van der Waals surface area contributed by atoms with Crippen LogP contribution in [0.25, 0.3) is 0 Å². The summed E-state index contributed by atoms with van der Waals surface area (Å²) in [6, 6.07) is 11.5. The fourth-order valence-corrected chi connectivity index (χ4v) is 2.51. The summed E-state index contributed by atoms with van der Waals surface area (Å²) in [4.78, 5) is 25.6. The Bertz CT molecular complexity index is 819.